The van der Waals surface area contributed by atoms with Crippen LogP contribution in [0.3, 0.4) is 0 Å². The van der Waals surface area contributed by atoms with Gasteiger partial charge < -0.3 is 5.32 Å². The van der Waals surface area contributed by atoms with Crippen LogP contribution in [0.15, 0.2) is 65.7 Å². The number of hydrogen-bond donors (Lipinski definition) is 1. The standard InChI is InChI=1S/C13H13N.C9H14O2/c1-14-13-9-7-12(8-10-13)11-5-3-2-4-6-11;1-5-9(11)7(3)6(2)8(4)10/h2-10,14H,1H3;5H2,1-4H3/b;7-6-. The summed E-state index contributed by atoms with van der Waals surface area (Å²) in [6.45, 7) is 6.65. The van der Waals surface area contributed by atoms with Crippen molar-refractivity contribution in [2.45, 2.75) is 34.1 Å². The molecule has 0 saturated carbocycles. The highest BCUT2D eigenvalue weighted by Gasteiger charge is 2.07. The Labute approximate surface area is 150 Å². The smallest absolute Gasteiger partial charge is 0.158 e. The van der Waals surface area contributed by atoms with Crippen molar-refractivity contribution in [3.63, 3.8) is 0 Å². The summed E-state index contributed by atoms with van der Waals surface area (Å²) in [5, 5.41) is 3.11. The van der Waals surface area contributed by atoms with Crippen LogP contribution in [0.25, 0.3) is 11.1 Å². The fourth-order valence-electron chi connectivity index (χ4n) is 2.20. The van der Waals surface area contributed by atoms with E-state index in [4.69, 9.17) is 0 Å². The fourth-order valence-corrected chi connectivity index (χ4v) is 2.20. The van der Waals surface area contributed by atoms with Crippen molar-refractivity contribution in [3.05, 3.63) is 65.7 Å². The minimum Gasteiger partial charge on any atom is -0.388 e. The summed E-state index contributed by atoms with van der Waals surface area (Å²) in [5.41, 5.74) is 4.83. The SMILES string of the molecule is CCC(=O)/C(C)=C(/C)C(C)=O.CNc1ccc(-c2ccccc2)cc1. The van der Waals surface area contributed by atoms with Crippen molar-refractivity contribution < 1.29 is 9.59 Å². The number of anilines is 1. The van der Waals surface area contributed by atoms with E-state index in [9.17, 15) is 9.59 Å². The fraction of sp³-hybridized carbons (Fsp3) is 0.273. The Morgan fingerprint density at radius 2 is 1.32 bits per heavy atom. The van der Waals surface area contributed by atoms with Crippen LogP contribution in [0.4, 0.5) is 5.69 Å². The number of ketones is 2. The second-order valence-corrected chi connectivity index (χ2v) is 5.78. The van der Waals surface area contributed by atoms with Gasteiger partial charge >= 0.3 is 0 Å². The zero-order valence-electron chi connectivity index (χ0n) is 15.7. The molecule has 0 aliphatic rings. The minimum atomic E-state index is -0.0238. The van der Waals surface area contributed by atoms with E-state index >= 15 is 0 Å². The topological polar surface area (TPSA) is 46.2 Å². The van der Waals surface area contributed by atoms with Crippen LogP contribution in [0.1, 0.15) is 34.1 Å². The lowest BCUT2D eigenvalue weighted by Crippen LogP contribution is -2.04. The summed E-state index contributed by atoms with van der Waals surface area (Å²) < 4.78 is 0. The van der Waals surface area contributed by atoms with Crippen molar-refractivity contribution in [3.8, 4) is 11.1 Å². The monoisotopic (exact) mass is 337 g/mol. The molecule has 0 amide bonds. The van der Waals surface area contributed by atoms with Crippen LogP contribution < -0.4 is 5.32 Å². The number of Topliss-reactive ketones (excluding diaryl/α,β-unsaturated/α-hetero) is 2. The van der Waals surface area contributed by atoms with Gasteiger partial charge in [-0.3, -0.25) is 9.59 Å². The molecule has 25 heavy (non-hydrogen) atoms. The highest BCUT2D eigenvalue weighted by Crippen LogP contribution is 2.20. The number of benzene rings is 2. The third-order valence-corrected chi connectivity index (χ3v) is 4.11. The summed E-state index contributed by atoms with van der Waals surface area (Å²) in [5.74, 6) is 0.0296. The van der Waals surface area contributed by atoms with Crippen molar-refractivity contribution in [2.24, 2.45) is 0 Å². The predicted octanol–water partition coefficient (Wildman–Crippen LogP) is 5.29. The van der Waals surface area contributed by atoms with Crippen molar-refractivity contribution >= 4 is 17.3 Å². The van der Waals surface area contributed by atoms with Crippen LogP contribution in [-0.4, -0.2) is 18.6 Å². The average Bonchev–Trinajstić information content (AvgIpc) is 2.67. The lowest BCUT2D eigenvalue weighted by atomic mass is 10.0. The van der Waals surface area contributed by atoms with E-state index in [1.807, 2.05) is 13.1 Å². The van der Waals surface area contributed by atoms with Crippen molar-refractivity contribution in [1.29, 1.82) is 0 Å². The van der Waals surface area contributed by atoms with E-state index in [0.717, 1.165) is 5.69 Å². The average molecular weight is 337 g/mol. The van der Waals surface area contributed by atoms with Gasteiger partial charge in [0.15, 0.2) is 11.6 Å². The van der Waals surface area contributed by atoms with Gasteiger partial charge in [-0.05, 0) is 55.2 Å². The summed E-state index contributed by atoms with van der Waals surface area (Å²) in [7, 11) is 1.93. The molecule has 0 fully saturated rings. The molecule has 0 aliphatic carbocycles. The first-order valence-electron chi connectivity index (χ1n) is 8.45. The van der Waals surface area contributed by atoms with Crippen molar-refractivity contribution in [2.75, 3.05) is 12.4 Å². The molecule has 132 valence electrons. The number of nitrogens with one attached hydrogen (secondary N) is 1. The molecule has 1 N–H and O–H groups in total. The first-order valence-corrected chi connectivity index (χ1v) is 8.45. The first kappa shape index (κ1) is 20.4. The summed E-state index contributed by atoms with van der Waals surface area (Å²) >= 11 is 0. The second kappa shape index (κ2) is 10.2. The van der Waals surface area contributed by atoms with E-state index < -0.39 is 0 Å². The molecule has 0 atom stereocenters. The number of hydrogen-bond acceptors (Lipinski definition) is 3. The zero-order valence-corrected chi connectivity index (χ0v) is 15.7. The minimum absolute atomic E-state index is 0.0238. The summed E-state index contributed by atoms with van der Waals surface area (Å²) in [6.07, 6.45) is 0.469. The summed E-state index contributed by atoms with van der Waals surface area (Å²) in [4.78, 5) is 21.8. The second-order valence-electron chi connectivity index (χ2n) is 5.78. The molecule has 3 nitrogen and oxygen atoms in total. The molecule has 0 heterocycles. The molecule has 0 bridgehead atoms. The van der Waals surface area contributed by atoms with E-state index in [1.165, 1.54) is 18.1 Å². The molecule has 3 heteroatoms. The Bertz CT molecular complexity index is 728. The van der Waals surface area contributed by atoms with E-state index in [0.29, 0.717) is 17.6 Å². The molecule has 0 spiro atoms. The Morgan fingerprint density at radius 3 is 1.76 bits per heavy atom. The zero-order chi connectivity index (χ0) is 18.8. The molecule has 0 aliphatic heterocycles. The third-order valence-electron chi connectivity index (χ3n) is 4.11. The van der Waals surface area contributed by atoms with Gasteiger partial charge in [0, 0.05) is 19.2 Å². The molecule has 0 radical (unpaired) electrons. The maximum absolute atomic E-state index is 11.0. The van der Waals surface area contributed by atoms with Gasteiger partial charge in [-0.2, -0.15) is 0 Å². The normalized spacial score (nSPS) is 10.9. The molecule has 2 rings (SSSR count). The van der Waals surface area contributed by atoms with Gasteiger partial charge in [0.05, 0.1) is 0 Å². The highest BCUT2D eigenvalue weighted by atomic mass is 16.1. The van der Waals surface area contributed by atoms with Gasteiger partial charge in [0.2, 0.25) is 0 Å². The Balaban J connectivity index is 0.000000260. The van der Waals surface area contributed by atoms with Gasteiger partial charge in [-0.15, -0.1) is 0 Å². The maximum atomic E-state index is 11.0. The molecular weight excluding hydrogens is 310 g/mol. The Morgan fingerprint density at radius 1 is 0.800 bits per heavy atom. The molecule has 2 aromatic rings. The van der Waals surface area contributed by atoms with Gasteiger partial charge in [-0.1, -0.05) is 49.4 Å². The predicted molar refractivity (Wildman–Crippen MR) is 106 cm³/mol. The van der Waals surface area contributed by atoms with Crippen LogP contribution >= 0.6 is 0 Å². The van der Waals surface area contributed by atoms with E-state index in [1.54, 1.807) is 20.8 Å². The van der Waals surface area contributed by atoms with Gasteiger partial charge in [0.25, 0.3) is 0 Å². The number of allylic oxidation sites excluding steroid dienone is 2. The third kappa shape index (κ3) is 6.38. The molecular formula is C22H27NO2. The molecule has 2 aromatic carbocycles. The van der Waals surface area contributed by atoms with E-state index in [-0.39, 0.29) is 11.6 Å². The molecule has 0 aromatic heterocycles. The molecule has 0 saturated heterocycles. The Kier molecular flexibility index (Phi) is 8.34. The highest BCUT2D eigenvalue weighted by molar-refractivity contribution is 6.04. The quantitative estimate of drug-likeness (QED) is 0.754. The van der Waals surface area contributed by atoms with Gasteiger partial charge in [-0.25, -0.2) is 0 Å². The van der Waals surface area contributed by atoms with Crippen molar-refractivity contribution in [1.82, 2.24) is 0 Å². The summed E-state index contributed by atoms with van der Waals surface area (Å²) in [6, 6.07) is 18.8. The lowest BCUT2D eigenvalue weighted by Gasteiger charge is -2.03. The largest absolute Gasteiger partial charge is 0.388 e. The number of carbonyl (C=O) groups is 2. The van der Waals surface area contributed by atoms with Crippen LogP contribution in [0, 0.1) is 0 Å². The maximum Gasteiger partial charge on any atom is 0.158 e. The Hall–Kier alpha value is -2.68. The van der Waals surface area contributed by atoms with Gasteiger partial charge in [0.1, 0.15) is 0 Å². The number of carbonyl (C=O) groups excluding carboxylic acids is 2. The van der Waals surface area contributed by atoms with Crippen LogP contribution in [0.5, 0.6) is 0 Å². The molecule has 0 unspecified atom stereocenters. The first-order chi connectivity index (χ1) is 11.9. The van der Waals surface area contributed by atoms with E-state index in [2.05, 4.69) is 53.8 Å². The van der Waals surface area contributed by atoms with Crippen LogP contribution in [0.2, 0.25) is 0 Å². The lowest BCUT2D eigenvalue weighted by molar-refractivity contribution is -0.117. The number of rotatable bonds is 5. The van der Waals surface area contributed by atoms with Crippen LogP contribution in [-0.2, 0) is 9.59 Å².